The molecule has 0 radical (unpaired) electrons. The Hall–Kier alpha value is -3.19. The summed E-state index contributed by atoms with van der Waals surface area (Å²) in [4.78, 5) is 12.7. The number of hydrogen-bond donors (Lipinski definition) is 3. The molecular formula is C24H20Cl3N5O. The van der Waals surface area contributed by atoms with E-state index < -0.39 is 6.03 Å². The summed E-state index contributed by atoms with van der Waals surface area (Å²) in [7, 11) is 0. The third-order valence-electron chi connectivity index (χ3n) is 4.97. The van der Waals surface area contributed by atoms with Crippen molar-refractivity contribution in [2.24, 2.45) is 0 Å². The summed E-state index contributed by atoms with van der Waals surface area (Å²) in [6.07, 6.45) is 0.548. The van der Waals surface area contributed by atoms with Crippen LogP contribution in [0.4, 0.5) is 16.3 Å². The van der Waals surface area contributed by atoms with Crippen LogP contribution in [0.3, 0.4) is 0 Å². The van der Waals surface area contributed by atoms with Crippen molar-refractivity contribution in [1.29, 1.82) is 0 Å². The van der Waals surface area contributed by atoms with Gasteiger partial charge in [-0.2, -0.15) is 5.10 Å². The number of anilines is 2. The zero-order valence-corrected chi connectivity index (χ0v) is 19.6. The van der Waals surface area contributed by atoms with Crippen LogP contribution < -0.4 is 16.4 Å². The lowest BCUT2D eigenvalue weighted by atomic mass is 10.1. The van der Waals surface area contributed by atoms with Gasteiger partial charge < -0.3 is 16.4 Å². The predicted molar refractivity (Wildman–Crippen MR) is 136 cm³/mol. The highest BCUT2D eigenvalue weighted by Gasteiger charge is 2.20. The SMILES string of the molecule is Nc1c(NC(=O)NCCc2ccc(Cl)cc2Cl)c(-c2ccc(Cl)cc2)nn1-c1ccccc1. The first-order valence-corrected chi connectivity index (χ1v) is 11.2. The summed E-state index contributed by atoms with van der Waals surface area (Å²) in [5.41, 5.74) is 9.77. The molecule has 4 N–H and O–H groups in total. The van der Waals surface area contributed by atoms with Crippen molar-refractivity contribution in [1.82, 2.24) is 15.1 Å². The number of para-hydroxylation sites is 1. The van der Waals surface area contributed by atoms with Crippen molar-refractivity contribution in [3.8, 4) is 16.9 Å². The first-order chi connectivity index (χ1) is 15.9. The minimum atomic E-state index is -0.408. The molecule has 6 nitrogen and oxygen atoms in total. The van der Waals surface area contributed by atoms with Crippen molar-refractivity contribution >= 4 is 52.3 Å². The average molecular weight is 501 g/mol. The highest BCUT2D eigenvalue weighted by Crippen LogP contribution is 2.34. The normalized spacial score (nSPS) is 10.8. The average Bonchev–Trinajstić information content (AvgIpc) is 3.12. The molecule has 0 saturated heterocycles. The largest absolute Gasteiger partial charge is 0.382 e. The zero-order valence-electron chi connectivity index (χ0n) is 17.4. The maximum atomic E-state index is 12.7. The molecule has 0 unspecified atom stereocenters. The fraction of sp³-hybridized carbons (Fsp3) is 0.0833. The van der Waals surface area contributed by atoms with Gasteiger partial charge in [-0.3, -0.25) is 0 Å². The molecule has 168 valence electrons. The third-order valence-corrected chi connectivity index (χ3v) is 5.81. The lowest BCUT2D eigenvalue weighted by Gasteiger charge is -2.10. The number of aromatic nitrogens is 2. The number of halogens is 3. The van der Waals surface area contributed by atoms with Gasteiger partial charge in [-0.05, 0) is 48.4 Å². The van der Waals surface area contributed by atoms with E-state index in [1.807, 2.05) is 48.5 Å². The van der Waals surface area contributed by atoms with Crippen molar-refractivity contribution in [3.63, 3.8) is 0 Å². The maximum absolute atomic E-state index is 12.7. The molecule has 33 heavy (non-hydrogen) atoms. The summed E-state index contributed by atoms with van der Waals surface area (Å²) >= 11 is 18.2. The fourth-order valence-corrected chi connectivity index (χ4v) is 3.95. The number of nitrogens with zero attached hydrogens (tertiary/aromatic N) is 2. The van der Waals surface area contributed by atoms with Crippen LogP contribution in [0.5, 0.6) is 0 Å². The van der Waals surface area contributed by atoms with E-state index in [-0.39, 0.29) is 0 Å². The number of nitrogens with one attached hydrogen (secondary N) is 2. The Bertz CT molecular complexity index is 1270. The Kier molecular flexibility index (Phi) is 7.08. The molecule has 0 spiro atoms. The molecule has 2 amide bonds. The van der Waals surface area contributed by atoms with Crippen LogP contribution in [0.1, 0.15) is 5.56 Å². The van der Waals surface area contributed by atoms with Gasteiger partial charge in [0.1, 0.15) is 11.4 Å². The number of rotatable bonds is 6. The molecule has 1 aromatic heterocycles. The van der Waals surface area contributed by atoms with Crippen LogP contribution in [0.25, 0.3) is 16.9 Å². The second kappa shape index (κ2) is 10.2. The number of urea groups is 1. The van der Waals surface area contributed by atoms with Crippen LogP contribution in [0, 0.1) is 0 Å². The van der Waals surface area contributed by atoms with Gasteiger partial charge in [0, 0.05) is 27.2 Å². The highest BCUT2D eigenvalue weighted by molar-refractivity contribution is 6.35. The van der Waals surface area contributed by atoms with Crippen molar-refractivity contribution in [2.75, 3.05) is 17.6 Å². The van der Waals surface area contributed by atoms with Crippen molar-refractivity contribution < 1.29 is 4.79 Å². The van der Waals surface area contributed by atoms with E-state index in [0.29, 0.717) is 45.2 Å². The zero-order chi connectivity index (χ0) is 23.4. The molecule has 0 aliphatic heterocycles. The molecular weight excluding hydrogens is 481 g/mol. The van der Waals surface area contributed by atoms with Crippen LogP contribution in [-0.2, 0) is 6.42 Å². The first-order valence-electron chi connectivity index (χ1n) is 10.1. The van der Waals surface area contributed by atoms with Gasteiger partial charge in [-0.25, -0.2) is 9.48 Å². The molecule has 0 fully saturated rings. The summed E-state index contributed by atoms with van der Waals surface area (Å²) in [5.74, 6) is 0.307. The maximum Gasteiger partial charge on any atom is 0.319 e. The number of nitrogen functional groups attached to an aromatic ring is 1. The number of carbonyl (C=O) groups excluding carboxylic acids is 1. The van der Waals surface area contributed by atoms with Gasteiger partial charge in [0.15, 0.2) is 5.82 Å². The van der Waals surface area contributed by atoms with Crippen molar-refractivity contribution in [2.45, 2.75) is 6.42 Å². The number of amides is 2. The molecule has 0 atom stereocenters. The molecule has 0 saturated carbocycles. The minimum absolute atomic E-state index is 0.307. The first kappa shape index (κ1) is 23.0. The summed E-state index contributed by atoms with van der Waals surface area (Å²) in [6, 6.07) is 21.5. The smallest absolute Gasteiger partial charge is 0.319 e. The van der Waals surface area contributed by atoms with Crippen LogP contribution >= 0.6 is 34.8 Å². The number of hydrogen-bond acceptors (Lipinski definition) is 3. The van der Waals surface area contributed by atoms with E-state index in [1.165, 1.54) is 0 Å². The summed E-state index contributed by atoms with van der Waals surface area (Å²) in [6.45, 7) is 0.371. The van der Waals surface area contributed by atoms with Gasteiger partial charge in [-0.1, -0.05) is 71.2 Å². The van der Waals surface area contributed by atoms with E-state index in [2.05, 4.69) is 15.7 Å². The van der Waals surface area contributed by atoms with Crippen LogP contribution in [0.15, 0.2) is 72.8 Å². The second-order valence-corrected chi connectivity index (χ2v) is 8.51. The van der Waals surface area contributed by atoms with Gasteiger partial charge >= 0.3 is 6.03 Å². The topological polar surface area (TPSA) is 85.0 Å². The van der Waals surface area contributed by atoms with E-state index in [4.69, 9.17) is 40.5 Å². The minimum Gasteiger partial charge on any atom is -0.382 e. The van der Waals surface area contributed by atoms with Gasteiger partial charge in [0.25, 0.3) is 0 Å². The molecule has 3 aromatic carbocycles. The Morgan fingerprint density at radius 2 is 1.64 bits per heavy atom. The van der Waals surface area contributed by atoms with Crippen LogP contribution in [0.2, 0.25) is 15.1 Å². The molecule has 9 heteroatoms. The monoisotopic (exact) mass is 499 g/mol. The van der Waals surface area contributed by atoms with E-state index in [0.717, 1.165) is 16.8 Å². The number of carbonyl (C=O) groups is 1. The Morgan fingerprint density at radius 1 is 0.939 bits per heavy atom. The molecule has 0 aliphatic rings. The second-order valence-electron chi connectivity index (χ2n) is 7.23. The predicted octanol–water partition coefficient (Wildman–Crippen LogP) is 6.45. The quantitative estimate of drug-likeness (QED) is 0.284. The van der Waals surface area contributed by atoms with E-state index in [9.17, 15) is 4.79 Å². The van der Waals surface area contributed by atoms with E-state index >= 15 is 0 Å². The standard InChI is InChI=1S/C24H20Cl3N5O/c25-17-9-7-16(8-10-17)21-22(23(28)32(31-21)19-4-2-1-3-5-19)30-24(33)29-13-12-15-6-11-18(26)14-20(15)27/h1-11,14H,12-13,28H2,(H2,29,30,33). The molecule has 4 aromatic rings. The van der Waals surface area contributed by atoms with Crippen LogP contribution in [-0.4, -0.2) is 22.4 Å². The van der Waals surface area contributed by atoms with E-state index in [1.54, 1.807) is 28.9 Å². The Labute approximate surface area is 206 Å². The number of benzene rings is 3. The Morgan fingerprint density at radius 3 is 2.33 bits per heavy atom. The lowest BCUT2D eigenvalue weighted by molar-refractivity contribution is 0.252. The molecule has 4 rings (SSSR count). The lowest BCUT2D eigenvalue weighted by Crippen LogP contribution is -2.30. The summed E-state index contributed by atoms with van der Waals surface area (Å²) in [5, 5.41) is 12.1. The third kappa shape index (κ3) is 5.42. The Balaban J connectivity index is 1.55. The van der Waals surface area contributed by atoms with Crippen molar-refractivity contribution in [3.05, 3.63) is 93.4 Å². The highest BCUT2D eigenvalue weighted by atomic mass is 35.5. The number of nitrogens with two attached hydrogens (primary N) is 1. The van der Waals surface area contributed by atoms with Gasteiger partial charge in [0.05, 0.1) is 5.69 Å². The van der Waals surface area contributed by atoms with Gasteiger partial charge in [-0.15, -0.1) is 0 Å². The van der Waals surface area contributed by atoms with Gasteiger partial charge in [0.2, 0.25) is 0 Å². The summed E-state index contributed by atoms with van der Waals surface area (Å²) < 4.78 is 1.59. The molecule has 0 bridgehead atoms. The molecule has 1 heterocycles. The fourth-order valence-electron chi connectivity index (χ4n) is 3.32. The molecule has 0 aliphatic carbocycles.